The fraction of sp³-hybridized carbons (Fsp3) is 1.00. The monoisotopic (exact) mass is 305 g/mol. The number of nitrogens with one attached hydrogen (secondary N) is 4. The lowest BCUT2D eigenvalue weighted by atomic mass is 9.62. The molecule has 0 aromatic rings. The summed E-state index contributed by atoms with van der Waals surface area (Å²) in [5, 5.41) is 15.0. The summed E-state index contributed by atoms with van der Waals surface area (Å²) in [7, 11) is 0. The summed E-state index contributed by atoms with van der Waals surface area (Å²) >= 11 is 0. The molecule has 7 atom stereocenters. The van der Waals surface area contributed by atoms with E-state index < -0.39 is 0 Å². The number of piperidine rings is 3. The third kappa shape index (κ3) is 1.72. The highest BCUT2D eigenvalue weighted by molar-refractivity contribution is 5.18. The van der Waals surface area contributed by atoms with Gasteiger partial charge < -0.3 is 16.0 Å². The summed E-state index contributed by atoms with van der Waals surface area (Å²) in [6, 6.07) is 2.14. The van der Waals surface area contributed by atoms with Gasteiger partial charge in [-0.25, -0.2) is 0 Å². The topological polar surface area (TPSA) is 51.4 Å². The Kier molecular flexibility index (Phi) is 3.15. The number of rotatable bonds is 0. The molecule has 4 N–H and O–H groups in total. The zero-order valence-electron chi connectivity index (χ0n) is 13.9. The highest BCUT2D eigenvalue weighted by Crippen LogP contribution is 2.54. The molecule has 5 fully saturated rings. The Hall–Kier alpha value is -0.200. The lowest BCUT2D eigenvalue weighted by Crippen LogP contribution is -2.77. The van der Waals surface area contributed by atoms with Gasteiger partial charge in [0.1, 0.15) is 0 Å². The Morgan fingerprint density at radius 3 is 2.73 bits per heavy atom. The molecule has 5 rings (SSSR count). The fourth-order valence-corrected chi connectivity index (χ4v) is 6.68. The second kappa shape index (κ2) is 4.90. The van der Waals surface area contributed by atoms with Crippen molar-refractivity contribution < 1.29 is 0 Å². The molecule has 5 aliphatic rings. The SMILES string of the molecule is CC1(C)C2CNCNC2N2C3CNCCC3C3CCNC1C32. The molecular formula is C17H31N5. The van der Waals surface area contributed by atoms with Crippen molar-refractivity contribution in [3.8, 4) is 0 Å². The van der Waals surface area contributed by atoms with Gasteiger partial charge in [-0.05, 0) is 43.2 Å². The Balaban J connectivity index is 1.59. The number of fused-ring (bicyclic) bond motifs is 5. The first-order chi connectivity index (χ1) is 10.7. The maximum atomic E-state index is 3.94. The zero-order valence-corrected chi connectivity index (χ0v) is 13.9. The number of nitrogens with zero attached hydrogens (tertiary/aromatic N) is 1. The average Bonchev–Trinajstić information content (AvgIpc) is 2.88. The largest absolute Gasteiger partial charge is 0.315 e. The molecule has 0 aromatic carbocycles. The molecular weight excluding hydrogens is 274 g/mol. The van der Waals surface area contributed by atoms with Crippen molar-refractivity contribution in [1.29, 1.82) is 0 Å². The molecule has 0 aromatic heterocycles. The Labute approximate surface area is 134 Å². The first kappa shape index (κ1) is 14.2. The van der Waals surface area contributed by atoms with Crippen molar-refractivity contribution in [1.82, 2.24) is 26.2 Å². The van der Waals surface area contributed by atoms with Crippen molar-refractivity contribution in [3.05, 3.63) is 0 Å². The normalized spacial score (nSPS) is 53.5. The van der Waals surface area contributed by atoms with E-state index in [4.69, 9.17) is 0 Å². The molecule has 0 aliphatic carbocycles. The summed E-state index contributed by atoms with van der Waals surface area (Å²) in [5.41, 5.74) is 0.353. The molecule has 5 heterocycles. The molecule has 0 amide bonds. The first-order valence-corrected chi connectivity index (χ1v) is 9.35. The second-order valence-electron chi connectivity index (χ2n) is 8.75. The summed E-state index contributed by atoms with van der Waals surface area (Å²) in [6.45, 7) is 10.8. The van der Waals surface area contributed by atoms with Crippen LogP contribution in [0.5, 0.6) is 0 Å². The summed E-state index contributed by atoms with van der Waals surface area (Å²) in [4.78, 5) is 2.93. The van der Waals surface area contributed by atoms with Crippen LogP contribution < -0.4 is 21.3 Å². The molecule has 0 spiro atoms. The molecule has 0 bridgehead atoms. The summed E-state index contributed by atoms with van der Waals surface area (Å²) in [6.07, 6.45) is 3.32. The van der Waals surface area contributed by atoms with Crippen LogP contribution in [0.2, 0.25) is 0 Å². The van der Waals surface area contributed by atoms with Gasteiger partial charge in [-0.1, -0.05) is 13.8 Å². The molecule has 5 saturated heterocycles. The van der Waals surface area contributed by atoms with Gasteiger partial charge in [0.15, 0.2) is 0 Å². The Morgan fingerprint density at radius 1 is 0.955 bits per heavy atom. The van der Waals surface area contributed by atoms with E-state index in [1.54, 1.807) is 0 Å². The number of hydrogen-bond acceptors (Lipinski definition) is 5. The maximum absolute atomic E-state index is 3.94. The van der Waals surface area contributed by atoms with Crippen LogP contribution in [0.3, 0.4) is 0 Å². The summed E-state index contributed by atoms with van der Waals surface area (Å²) in [5.74, 6) is 2.52. The van der Waals surface area contributed by atoms with Gasteiger partial charge in [-0.15, -0.1) is 0 Å². The molecule has 5 aliphatic heterocycles. The molecule has 0 saturated carbocycles. The number of hydrogen-bond donors (Lipinski definition) is 4. The Bertz CT molecular complexity index is 452. The smallest absolute Gasteiger partial charge is 0.0660 e. The van der Waals surface area contributed by atoms with Gasteiger partial charge in [0, 0.05) is 43.8 Å². The fourth-order valence-electron chi connectivity index (χ4n) is 6.68. The van der Waals surface area contributed by atoms with Crippen LogP contribution in [-0.2, 0) is 0 Å². The van der Waals surface area contributed by atoms with E-state index in [1.165, 1.54) is 32.5 Å². The van der Waals surface area contributed by atoms with Crippen molar-refractivity contribution >= 4 is 0 Å². The van der Waals surface area contributed by atoms with Gasteiger partial charge in [0.05, 0.1) is 6.17 Å². The molecule has 22 heavy (non-hydrogen) atoms. The maximum Gasteiger partial charge on any atom is 0.0660 e. The highest BCUT2D eigenvalue weighted by atomic mass is 15.4. The van der Waals surface area contributed by atoms with Crippen LogP contribution in [0.4, 0.5) is 0 Å². The van der Waals surface area contributed by atoms with Crippen molar-refractivity contribution in [3.63, 3.8) is 0 Å². The van der Waals surface area contributed by atoms with E-state index >= 15 is 0 Å². The standard InChI is InChI=1S/C17H31N5/c1-17(2)12-7-19-9-21-16(12)22-13-8-18-5-3-10(13)11-4-6-20-15(17)14(11)22/h10-16,18-21H,3-9H2,1-2H3. The van der Waals surface area contributed by atoms with Crippen LogP contribution in [0.25, 0.3) is 0 Å². The lowest BCUT2D eigenvalue weighted by molar-refractivity contribution is -0.104. The third-order valence-electron chi connectivity index (χ3n) is 7.66. The van der Waals surface area contributed by atoms with Crippen LogP contribution in [-0.4, -0.2) is 62.0 Å². The molecule has 0 radical (unpaired) electrons. The van der Waals surface area contributed by atoms with Crippen LogP contribution in [0, 0.1) is 23.2 Å². The highest BCUT2D eigenvalue weighted by Gasteiger charge is 2.63. The predicted octanol–water partition coefficient (Wildman–Crippen LogP) is -0.241. The third-order valence-corrected chi connectivity index (χ3v) is 7.66. The van der Waals surface area contributed by atoms with E-state index in [0.717, 1.165) is 37.1 Å². The van der Waals surface area contributed by atoms with Gasteiger partial charge in [0.2, 0.25) is 0 Å². The van der Waals surface area contributed by atoms with Crippen molar-refractivity contribution in [2.24, 2.45) is 23.2 Å². The average molecular weight is 305 g/mol. The van der Waals surface area contributed by atoms with E-state index in [-0.39, 0.29) is 0 Å². The van der Waals surface area contributed by atoms with Crippen molar-refractivity contribution in [2.75, 3.05) is 32.8 Å². The second-order valence-corrected chi connectivity index (χ2v) is 8.75. The van der Waals surface area contributed by atoms with Gasteiger partial charge in [-0.3, -0.25) is 10.2 Å². The van der Waals surface area contributed by atoms with Crippen molar-refractivity contribution in [2.45, 2.75) is 51.0 Å². The van der Waals surface area contributed by atoms with Gasteiger partial charge >= 0.3 is 0 Å². The molecule has 5 nitrogen and oxygen atoms in total. The van der Waals surface area contributed by atoms with E-state index in [1.807, 2.05) is 0 Å². The van der Waals surface area contributed by atoms with Crippen LogP contribution in [0.1, 0.15) is 26.7 Å². The zero-order chi connectivity index (χ0) is 14.9. The minimum absolute atomic E-state index is 0.353. The first-order valence-electron chi connectivity index (χ1n) is 9.35. The summed E-state index contributed by atoms with van der Waals surface area (Å²) < 4.78 is 0. The molecule has 7 unspecified atom stereocenters. The lowest BCUT2D eigenvalue weighted by Gasteiger charge is -2.61. The van der Waals surface area contributed by atoms with Gasteiger partial charge in [0.25, 0.3) is 0 Å². The Morgan fingerprint density at radius 2 is 1.82 bits per heavy atom. The molecule has 124 valence electrons. The van der Waals surface area contributed by atoms with Crippen LogP contribution in [0.15, 0.2) is 0 Å². The van der Waals surface area contributed by atoms with E-state index in [2.05, 4.69) is 40.0 Å². The minimum Gasteiger partial charge on any atom is -0.315 e. The minimum atomic E-state index is 0.353. The van der Waals surface area contributed by atoms with E-state index in [9.17, 15) is 0 Å². The van der Waals surface area contributed by atoms with E-state index in [0.29, 0.717) is 23.5 Å². The quantitative estimate of drug-likeness (QED) is 0.498. The molecule has 5 heteroatoms. The van der Waals surface area contributed by atoms with Gasteiger partial charge in [-0.2, -0.15) is 0 Å². The van der Waals surface area contributed by atoms with Crippen LogP contribution >= 0.6 is 0 Å². The predicted molar refractivity (Wildman–Crippen MR) is 87.4 cm³/mol.